The van der Waals surface area contributed by atoms with Crippen molar-refractivity contribution in [2.75, 3.05) is 14.2 Å². The van der Waals surface area contributed by atoms with E-state index in [-0.39, 0.29) is 34.1 Å². The summed E-state index contributed by atoms with van der Waals surface area (Å²) in [6.45, 7) is 16.0. The topological polar surface area (TPSA) is 134 Å². The molecule has 4 rings (SSSR count). The van der Waals surface area contributed by atoms with Crippen LogP contribution in [0.3, 0.4) is 0 Å². The molecule has 0 aliphatic rings. The standard InChI is InChI=1S/2C15H14O4.4C2H6/c1-19-15-8-11(3-5-14(15)18)6-10-2-4-13(17)12(7-10)9-16;1-19-13-7-3-5-11(15(13)18)8-10-4-2-6-12(9-16)14(10)17;4*1-2/h2-5,7-9,17-18H,6H2,1H3;2-7,9,17-18H,8H2,1H3;4*1-2H3. The van der Waals surface area contributed by atoms with Gasteiger partial charge in [-0.3, -0.25) is 9.59 Å². The van der Waals surface area contributed by atoms with Gasteiger partial charge in [0.25, 0.3) is 0 Å². The molecule has 0 aliphatic heterocycles. The number of phenols is 4. The van der Waals surface area contributed by atoms with E-state index in [1.165, 1.54) is 26.4 Å². The van der Waals surface area contributed by atoms with Crippen LogP contribution in [0.4, 0.5) is 0 Å². The lowest BCUT2D eigenvalue weighted by Crippen LogP contribution is -1.94. The molecule has 0 aliphatic carbocycles. The van der Waals surface area contributed by atoms with Gasteiger partial charge in [-0.1, -0.05) is 91.8 Å². The summed E-state index contributed by atoms with van der Waals surface area (Å²) in [7, 11) is 2.97. The van der Waals surface area contributed by atoms with Crippen LogP contribution in [0.25, 0.3) is 0 Å². The fraction of sp³-hybridized carbons (Fsp3) is 0.316. The van der Waals surface area contributed by atoms with Gasteiger partial charge < -0.3 is 29.9 Å². The summed E-state index contributed by atoms with van der Waals surface area (Å²) in [5.41, 5.74) is 3.54. The quantitative estimate of drug-likeness (QED) is 0.141. The molecule has 4 aromatic carbocycles. The van der Waals surface area contributed by atoms with Crippen molar-refractivity contribution in [2.24, 2.45) is 0 Å². The van der Waals surface area contributed by atoms with Crippen LogP contribution < -0.4 is 9.47 Å². The zero-order chi connectivity index (χ0) is 35.7. The maximum atomic E-state index is 10.8. The Hall–Kier alpha value is -4.98. The van der Waals surface area contributed by atoms with Crippen LogP contribution in [0.2, 0.25) is 0 Å². The number of benzene rings is 4. The minimum atomic E-state index is -0.0558. The molecule has 0 aromatic heterocycles. The SMILES string of the molecule is CC.CC.CC.CC.COc1cc(Cc2ccc(O)c(C=O)c2)ccc1O.COc1cccc(Cc2cccc(C=O)c2O)c1O. The van der Waals surface area contributed by atoms with E-state index >= 15 is 0 Å². The molecule has 0 bridgehead atoms. The van der Waals surface area contributed by atoms with Gasteiger partial charge in [-0.25, -0.2) is 0 Å². The van der Waals surface area contributed by atoms with Crippen molar-refractivity contribution in [1.82, 2.24) is 0 Å². The predicted octanol–water partition coefficient (Wildman–Crippen LogP) is 9.12. The number of carbonyl (C=O) groups excluding carboxylic acids is 2. The van der Waals surface area contributed by atoms with Crippen LogP contribution in [0, 0.1) is 0 Å². The van der Waals surface area contributed by atoms with Crippen LogP contribution >= 0.6 is 0 Å². The molecule has 0 saturated carbocycles. The summed E-state index contributed by atoms with van der Waals surface area (Å²) in [6, 6.07) is 20.1. The van der Waals surface area contributed by atoms with E-state index in [1.807, 2.05) is 55.4 Å². The summed E-state index contributed by atoms with van der Waals surface area (Å²) in [4.78, 5) is 21.5. The highest BCUT2D eigenvalue weighted by molar-refractivity contribution is 5.80. The first kappa shape index (κ1) is 43.1. The lowest BCUT2D eigenvalue weighted by molar-refractivity contribution is 0.111. The molecule has 0 saturated heterocycles. The lowest BCUT2D eigenvalue weighted by atomic mass is 10.0. The van der Waals surface area contributed by atoms with Crippen molar-refractivity contribution in [3.05, 3.63) is 106 Å². The molecule has 4 aromatic rings. The fourth-order valence-corrected chi connectivity index (χ4v) is 3.81. The first-order chi connectivity index (χ1) is 22.3. The zero-order valence-corrected chi connectivity index (χ0v) is 28.9. The minimum absolute atomic E-state index is 0.0259. The Bertz CT molecular complexity index is 1430. The van der Waals surface area contributed by atoms with Gasteiger partial charge in [0.05, 0.1) is 25.3 Å². The highest BCUT2D eigenvalue weighted by Gasteiger charge is 2.12. The molecule has 8 heteroatoms. The van der Waals surface area contributed by atoms with Crippen molar-refractivity contribution in [3.8, 4) is 34.5 Å². The summed E-state index contributed by atoms with van der Waals surface area (Å²) in [6.07, 6.45) is 2.12. The fourth-order valence-electron chi connectivity index (χ4n) is 3.81. The van der Waals surface area contributed by atoms with E-state index in [0.717, 1.165) is 11.1 Å². The van der Waals surface area contributed by atoms with Crippen LogP contribution in [0.5, 0.6) is 34.5 Å². The normalized spacial score (nSPS) is 8.91. The van der Waals surface area contributed by atoms with Gasteiger partial charge in [-0.2, -0.15) is 0 Å². The Kier molecular flexibility index (Phi) is 23.8. The number of hydrogen-bond acceptors (Lipinski definition) is 8. The number of aromatic hydroxyl groups is 4. The lowest BCUT2D eigenvalue weighted by Gasteiger charge is -2.10. The van der Waals surface area contributed by atoms with Crippen LogP contribution in [-0.2, 0) is 12.8 Å². The second-order valence-corrected chi connectivity index (χ2v) is 8.31. The van der Waals surface area contributed by atoms with Gasteiger partial charge in [-0.05, 0) is 59.5 Å². The maximum absolute atomic E-state index is 10.8. The molecule has 0 atom stereocenters. The monoisotopic (exact) mass is 636 g/mol. The van der Waals surface area contributed by atoms with Crippen molar-refractivity contribution in [2.45, 2.75) is 68.2 Å². The number of ether oxygens (including phenoxy) is 2. The second kappa shape index (κ2) is 25.4. The molecule has 0 radical (unpaired) electrons. The Morgan fingerprint density at radius 1 is 0.522 bits per heavy atom. The maximum Gasteiger partial charge on any atom is 0.161 e. The Labute approximate surface area is 274 Å². The summed E-state index contributed by atoms with van der Waals surface area (Å²) < 4.78 is 10.1. The van der Waals surface area contributed by atoms with Gasteiger partial charge in [0, 0.05) is 12.0 Å². The van der Waals surface area contributed by atoms with Crippen LogP contribution in [0.1, 0.15) is 98.4 Å². The number of aldehydes is 2. The molecule has 0 unspecified atom stereocenters. The molecular formula is C38H52O8. The third-order valence-electron chi connectivity index (χ3n) is 5.83. The smallest absolute Gasteiger partial charge is 0.161 e. The van der Waals surface area contributed by atoms with E-state index < -0.39 is 0 Å². The highest BCUT2D eigenvalue weighted by atomic mass is 16.5. The van der Waals surface area contributed by atoms with Crippen molar-refractivity contribution < 1.29 is 39.5 Å². The van der Waals surface area contributed by atoms with Crippen molar-refractivity contribution in [3.63, 3.8) is 0 Å². The number of rotatable bonds is 8. The van der Waals surface area contributed by atoms with Gasteiger partial charge in [0.15, 0.2) is 35.6 Å². The largest absolute Gasteiger partial charge is 0.507 e. The third kappa shape index (κ3) is 13.3. The molecule has 0 heterocycles. The second-order valence-electron chi connectivity index (χ2n) is 8.31. The van der Waals surface area contributed by atoms with Crippen molar-refractivity contribution >= 4 is 12.6 Å². The number of para-hydroxylation sites is 2. The molecule has 252 valence electrons. The van der Waals surface area contributed by atoms with Gasteiger partial charge in [-0.15, -0.1) is 0 Å². The number of carbonyl (C=O) groups is 2. The van der Waals surface area contributed by atoms with E-state index in [0.29, 0.717) is 48.0 Å². The van der Waals surface area contributed by atoms with E-state index in [1.54, 1.807) is 60.7 Å². The molecule has 0 spiro atoms. The molecule has 8 nitrogen and oxygen atoms in total. The molecule has 0 amide bonds. The highest BCUT2D eigenvalue weighted by Crippen LogP contribution is 2.33. The summed E-state index contributed by atoms with van der Waals surface area (Å²) in [5, 5.41) is 38.9. The first-order valence-corrected chi connectivity index (χ1v) is 15.5. The average Bonchev–Trinajstić information content (AvgIpc) is 3.12. The predicted molar refractivity (Wildman–Crippen MR) is 187 cm³/mol. The van der Waals surface area contributed by atoms with Gasteiger partial charge >= 0.3 is 0 Å². The minimum Gasteiger partial charge on any atom is -0.507 e. The average molecular weight is 637 g/mol. The van der Waals surface area contributed by atoms with E-state index in [2.05, 4.69) is 0 Å². The molecule has 4 N–H and O–H groups in total. The van der Waals surface area contributed by atoms with Crippen LogP contribution in [0.15, 0.2) is 72.8 Å². The number of methoxy groups -OCH3 is 2. The Balaban J connectivity index is 0. The zero-order valence-electron chi connectivity index (χ0n) is 28.9. The van der Waals surface area contributed by atoms with Crippen molar-refractivity contribution in [1.29, 1.82) is 0 Å². The van der Waals surface area contributed by atoms with Crippen LogP contribution in [-0.4, -0.2) is 47.2 Å². The van der Waals surface area contributed by atoms with E-state index in [4.69, 9.17) is 9.47 Å². The Morgan fingerprint density at radius 3 is 1.52 bits per heavy atom. The van der Waals surface area contributed by atoms with Gasteiger partial charge in [0.1, 0.15) is 11.5 Å². The number of hydrogen-bond donors (Lipinski definition) is 4. The summed E-state index contributed by atoms with van der Waals surface area (Å²) in [5.74, 6) is 0.837. The van der Waals surface area contributed by atoms with E-state index in [9.17, 15) is 30.0 Å². The first-order valence-electron chi connectivity index (χ1n) is 15.5. The molecule has 0 fully saturated rings. The Morgan fingerprint density at radius 2 is 1.00 bits per heavy atom. The summed E-state index contributed by atoms with van der Waals surface area (Å²) >= 11 is 0. The third-order valence-corrected chi connectivity index (χ3v) is 5.83. The van der Waals surface area contributed by atoms with Gasteiger partial charge in [0.2, 0.25) is 0 Å². The molecular weight excluding hydrogens is 584 g/mol. The molecule has 46 heavy (non-hydrogen) atoms. The number of phenolic OH excluding ortho intramolecular Hbond substituents is 4.